The Morgan fingerprint density at radius 2 is 1.26 bits per heavy atom. The first kappa shape index (κ1) is 17.4. The van der Waals surface area contributed by atoms with E-state index in [1.54, 1.807) is 0 Å². The maximum absolute atomic E-state index is 10.5. The molecule has 0 aliphatic rings. The van der Waals surface area contributed by atoms with E-state index in [2.05, 4.69) is 13.8 Å². The van der Waals surface area contributed by atoms with Gasteiger partial charge in [-0.1, -0.05) is 13.8 Å². The molecule has 0 unspecified atom stereocenters. The summed E-state index contributed by atoms with van der Waals surface area (Å²) in [5.41, 5.74) is 0.196. The Morgan fingerprint density at radius 3 is 1.58 bits per heavy atom. The standard InChI is InChI=1S/C15H24O4/c1-13(16)18-11-7-5-9-15(3,4)10-6-8-12-19-14(2)17/h7-8,11-12H,5-6,9-10H2,1-4H3/b11-7+,12-8+. The fourth-order valence-electron chi connectivity index (χ4n) is 1.50. The van der Waals surface area contributed by atoms with Crippen LogP contribution in [0.15, 0.2) is 24.7 Å². The molecule has 0 saturated carbocycles. The third kappa shape index (κ3) is 12.7. The van der Waals surface area contributed by atoms with Gasteiger partial charge in [-0.2, -0.15) is 0 Å². The van der Waals surface area contributed by atoms with Gasteiger partial charge in [0.2, 0.25) is 0 Å². The molecule has 0 aliphatic heterocycles. The summed E-state index contributed by atoms with van der Waals surface area (Å²) in [5.74, 6) is -0.600. The Balaban J connectivity index is 3.79. The third-order valence-corrected chi connectivity index (χ3v) is 2.64. The normalized spacial score (nSPS) is 12.0. The topological polar surface area (TPSA) is 52.6 Å². The Kier molecular flexibility index (Phi) is 8.58. The molecule has 0 aromatic rings. The molecule has 0 aromatic carbocycles. The van der Waals surface area contributed by atoms with Crippen LogP contribution in [0.5, 0.6) is 0 Å². The van der Waals surface area contributed by atoms with Crippen LogP contribution in [0.1, 0.15) is 53.4 Å². The van der Waals surface area contributed by atoms with E-state index < -0.39 is 0 Å². The second-order valence-electron chi connectivity index (χ2n) is 5.20. The van der Waals surface area contributed by atoms with Gasteiger partial charge in [0, 0.05) is 13.8 Å². The van der Waals surface area contributed by atoms with Crippen molar-refractivity contribution < 1.29 is 19.1 Å². The highest BCUT2D eigenvalue weighted by molar-refractivity contribution is 5.66. The molecule has 0 aliphatic carbocycles. The summed E-state index contributed by atoms with van der Waals surface area (Å²) in [7, 11) is 0. The molecule has 4 nitrogen and oxygen atoms in total. The van der Waals surface area contributed by atoms with Gasteiger partial charge < -0.3 is 9.47 Å². The zero-order chi connectivity index (χ0) is 14.7. The van der Waals surface area contributed by atoms with Crippen LogP contribution in [0.2, 0.25) is 0 Å². The number of hydrogen-bond acceptors (Lipinski definition) is 4. The number of esters is 2. The highest BCUT2D eigenvalue weighted by Crippen LogP contribution is 2.28. The van der Waals surface area contributed by atoms with Gasteiger partial charge in [-0.05, 0) is 43.3 Å². The molecule has 0 rings (SSSR count). The van der Waals surface area contributed by atoms with Crippen molar-refractivity contribution in [3.05, 3.63) is 24.7 Å². The number of hydrogen-bond donors (Lipinski definition) is 0. The molecule has 0 fully saturated rings. The van der Waals surface area contributed by atoms with Gasteiger partial charge in [0.05, 0.1) is 12.5 Å². The minimum absolute atomic E-state index is 0.196. The number of rotatable bonds is 8. The van der Waals surface area contributed by atoms with Crippen molar-refractivity contribution in [3.8, 4) is 0 Å². The number of ether oxygens (including phenoxy) is 2. The van der Waals surface area contributed by atoms with Crippen molar-refractivity contribution >= 4 is 11.9 Å². The van der Waals surface area contributed by atoms with E-state index in [-0.39, 0.29) is 17.4 Å². The Hall–Kier alpha value is -1.58. The Morgan fingerprint density at radius 1 is 0.895 bits per heavy atom. The summed E-state index contributed by atoms with van der Waals surface area (Å²) in [6.07, 6.45) is 10.4. The van der Waals surface area contributed by atoms with Crippen LogP contribution in [-0.4, -0.2) is 11.9 Å². The lowest BCUT2D eigenvalue weighted by Gasteiger charge is -2.22. The molecule has 0 N–H and O–H groups in total. The molecule has 0 bridgehead atoms. The molecule has 108 valence electrons. The van der Waals surface area contributed by atoms with Crippen molar-refractivity contribution in [1.82, 2.24) is 0 Å². The van der Waals surface area contributed by atoms with Crippen molar-refractivity contribution in [2.24, 2.45) is 5.41 Å². The van der Waals surface area contributed by atoms with Crippen molar-refractivity contribution in [2.75, 3.05) is 0 Å². The highest BCUT2D eigenvalue weighted by atomic mass is 16.5. The molecule has 0 radical (unpaired) electrons. The molecular weight excluding hydrogens is 244 g/mol. The van der Waals surface area contributed by atoms with Gasteiger partial charge in [-0.25, -0.2) is 0 Å². The van der Waals surface area contributed by atoms with Crippen LogP contribution < -0.4 is 0 Å². The molecule has 0 spiro atoms. The molecular formula is C15H24O4. The summed E-state index contributed by atoms with van der Waals surface area (Å²) < 4.78 is 9.43. The summed E-state index contributed by atoms with van der Waals surface area (Å²) >= 11 is 0. The smallest absolute Gasteiger partial charge is 0.307 e. The predicted octanol–water partition coefficient (Wildman–Crippen LogP) is 3.73. The van der Waals surface area contributed by atoms with Crippen molar-refractivity contribution in [3.63, 3.8) is 0 Å². The number of allylic oxidation sites excluding steroid dienone is 2. The maximum atomic E-state index is 10.5. The summed E-state index contributed by atoms with van der Waals surface area (Å²) in [6.45, 7) is 7.13. The molecule has 0 atom stereocenters. The van der Waals surface area contributed by atoms with Crippen LogP contribution in [0.4, 0.5) is 0 Å². The quantitative estimate of drug-likeness (QED) is 0.497. The van der Waals surface area contributed by atoms with Gasteiger partial charge in [0.1, 0.15) is 0 Å². The van der Waals surface area contributed by atoms with E-state index in [0.29, 0.717) is 0 Å². The number of carbonyl (C=O) groups excluding carboxylic acids is 2. The minimum atomic E-state index is -0.300. The van der Waals surface area contributed by atoms with Crippen LogP contribution in [0.3, 0.4) is 0 Å². The zero-order valence-corrected chi connectivity index (χ0v) is 12.3. The van der Waals surface area contributed by atoms with Crippen LogP contribution in [0, 0.1) is 5.41 Å². The SMILES string of the molecule is CC(=O)O/C=C/CCC(C)(C)CC/C=C/OC(C)=O. The van der Waals surface area contributed by atoms with E-state index in [0.717, 1.165) is 25.7 Å². The minimum Gasteiger partial charge on any atom is -0.435 e. The van der Waals surface area contributed by atoms with Crippen LogP contribution >= 0.6 is 0 Å². The van der Waals surface area contributed by atoms with Crippen molar-refractivity contribution in [2.45, 2.75) is 53.4 Å². The lowest BCUT2D eigenvalue weighted by Crippen LogP contribution is -2.10. The maximum Gasteiger partial charge on any atom is 0.307 e. The van der Waals surface area contributed by atoms with E-state index in [9.17, 15) is 9.59 Å². The Labute approximate surface area is 115 Å². The molecule has 19 heavy (non-hydrogen) atoms. The fraction of sp³-hybridized carbons (Fsp3) is 0.600. The largest absolute Gasteiger partial charge is 0.435 e. The average Bonchev–Trinajstić information content (AvgIpc) is 2.27. The third-order valence-electron chi connectivity index (χ3n) is 2.64. The lowest BCUT2D eigenvalue weighted by atomic mass is 9.83. The summed E-state index contributed by atoms with van der Waals surface area (Å²) in [6, 6.07) is 0. The molecule has 0 heterocycles. The second-order valence-corrected chi connectivity index (χ2v) is 5.20. The van der Waals surface area contributed by atoms with Crippen LogP contribution in [-0.2, 0) is 19.1 Å². The zero-order valence-electron chi connectivity index (χ0n) is 12.3. The van der Waals surface area contributed by atoms with Crippen molar-refractivity contribution in [1.29, 1.82) is 0 Å². The summed E-state index contributed by atoms with van der Waals surface area (Å²) in [4.78, 5) is 21.1. The molecule has 4 heteroatoms. The predicted molar refractivity (Wildman–Crippen MR) is 74.1 cm³/mol. The van der Waals surface area contributed by atoms with Crippen LogP contribution in [0.25, 0.3) is 0 Å². The van der Waals surface area contributed by atoms with E-state index >= 15 is 0 Å². The van der Waals surface area contributed by atoms with E-state index in [4.69, 9.17) is 9.47 Å². The molecule has 0 amide bonds. The average molecular weight is 268 g/mol. The monoisotopic (exact) mass is 268 g/mol. The van der Waals surface area contributed by atoms with E-state index in [1.165, 1.54) is 26.4 Å². The first-order valence-electron chi connectivity index (χ1n) is 6.48. The highest BCUT2D eigenvalue weighted by Gasteiger charge is 2.15. The molecule has 0 aromatic heterocycles. The second kappa shape index (κ2) is 9.36. The van der Waals surface area contributed by atoms with Gasteiger partial charge in [-0.3, -0.25) is 9.59 Å². The Bertz CT molecular complexity index is 308. The van der Waals surface area contributed by atoms with Gasteiger partial charge >= 0.3 is 11.9 Å². The van der Waals surface area contributed by atoms with Gasteiger partial charge in [0.25, 0.3) is 0 Å². The van der Waals surface area contributed by atoms with E-state index in [1.807, 2.05) is 12.2 Å². The first-order chi connectivity index (χ1) is 8.83. The number of carbonyl (C=O) groups is 2. The van der Waals surface area contributed by atoms with Gasteiger partial charge in [0.15, 0.2) is 0 Å². The fourth-order valence-corrected chi connectivity index (χ4v) is 1.50. The van der Waals surface area contributed by atoms with Gasteiger partial charge in [-0.15, -0.1) is 0 Å². The lowest BCUT2D eigenvalue weighted by molar-refractivity contribution is -0.136. The summed E-state index contributed by atoms with van der Waals surface area (Å²) in [5, 5.41) is 0. The molecule has 0 saturated heterocycles. The first-order valence-corrected chi connectivity index (χ1v) is 6.48.